The molecule has 5 nitrogen and oxygen atoms in total. The smallest absolute Gasteiger partial charge is 0.122 e. The third-order valence-corrected chi connectivity index (χ3v) is 3.34. The van der Waals surface area contributed by atoms with Crippen molar-refractivity contribution in [3.8, 4) is 5.75 Å². The van der Waals surface area contributed by atoms with Gasteiger partial charge in [-0.05, 0) is 23.6 Å². The van der Waals surface area contributed by atoms with E-state index in [0.717, 1.165) is 37.4 Å². The molecule has 1 aromatic carbocycles. The zero-order valence-corrected chi connectivity index (χ0v) is 10.7. The van der Waals surface area contributed by atoms with E-state index in [1.807, 2.05) is 10.9 Å². The Balaban J connectivity index is 1.62. The van der Waals surface area contributed by atoms with Gasteiger partial charge in [0, 0.05) is 32.2 Å². The van der Waals surface area contributed by atoms with E-state index >= 15 is 0 Å². The molecule has 2 aromatic rings. The standard InChI is InChI=1S/C14H17N3O2/c18-7-4-13-10-17(16-15-13)6-3-11-1-2-14-12(9-11)5-8-19-14/h1-2,9-10,18H,3-8H2. The van der Waals surface area contributed by atoms with Gasteiger partial charge in [-0.2, -0.15) is 0 Å². The topological polar surface area (TPSA) is 60.2 Å². The quantitative estimate of drug-likeness (QED) is 0.870. The lowest BCUT2D eigenvalue weighted by atomic mass is 10.1. The molecule has 1 aliphatic heterocycles. The second kappa shape index (κ2) is 5.40. The number of fused-ring (bicyclic) bond motifs is 1. The van der Waals surface area contributed by atoms with Gasteiger partial charge in [0.2, 0.25) is 0 Å². The average molecular weight is 259 g/mol. The molecule has 5 heteroatoms. The van der Waals surface area contributed by atoms with Crippen LogP contribution in [0.1, 0.15) is 16.8 Å². The van der Waals surface area contributed by atoms with Crippen LogP contribution in [0.4, 0.5) is 0 Å². The summed E-state index contributed by atoms with van der Waals surface area (Å²) in [7, 11) is 0. The van der Waals surface area contributed by atoms with E-state index in [1.165, 1.54) is 11.1 Å². The van der Waals surface area contributed by atoms with E-state index in [-0.39, 0.29) is 6.61 Å². The van der Waals surface area contributed by atoms with Crippen LogP contribution in [-0.4, -0.2) is 33.3 Å². The second-order valence-electron chi connectivity index (χ2n) is 4.74. The molecule has 19 heavy (non-hydrogen) atoms. The van der Waals surface area contributed by atoms with E-state index in [1.54, 1.807) is 0 Å². The monoisotopic (exact) mass is 259 g/mol. The van der Waals surface area contributed by atoms with Crippen LogP contribution in [0, 0.1) is 0 Å². The van der Waals surface area contributed by atoms with Crippen LogP contribution >= 0.6 is 0 Å². The Bertz CT molecular complexity index is 566. The van der Waals surface area contributed by atoms with Crippen LogP contribution in [-0.2, 0) is 25.8 Å². The van der Waals surface area contributed by atoms with Gasteiger partial charge in [0.15, 0.2) is 0 Å². The normalized spacial score (nSPS) is 13.3. The summed E-state index contributed by atoms with van der Waals surface area (Å²) < 4.78 is 7.32. The number of nitrogens with zero attached hydrogens (tertiary/aromatic N) is 3. The molecule has 0 fully saturated rings. The first-order valence-electron chi connectivity index (χ1n) is 6.59. The van der Waals surface area contributed by atoms with Crippen LogP contribution in [0.15, 0.2) is 24.4 Å². The summed E-state index contributed by atoms with van der Waals surface area (Å²) in [6, 6.07) is 6.37. The minimum atomic E-state index is 0.115. The van der Waals surface area contributed by atoms with Crippen molar-refractivity contribution in [3.05, 3.63) is 41.2 Å². The number of aromatic nitrogens is 3. The fraction of sp³-hybridized carbons (Fsp3) is 0.429. The Labute approximate surface area is 111 Å². The van der Waals surface area contributed by atoms with Crippen molar-refractivity contribution in [1.29, 1.82) is 0 Å². The van der Waals surface area contributed by atoms with Crippen molar-refractivity contribution < 1.29 is 9.84 Å². The number of rotatable bonds is 5. The predicted octanol–water partition coefficient (Wildman–Crippen LogP) is 0.990. The third kappa shape index (κ3) is 2.76. The van der Waals surface area contributed by atoms with E-state index in [9.17, 15) is 0 Å². The first-order valence-corrected chi connectivity index (χ1v) is 6.59. The maximum absolute atomic E-state index is 8.84. The molecule has 0 spiro atoms. The van der Waals surface area contributed by atoms with Gasteiger partial charge in [-0.1, -0.05) is 17.3 Å². The van der Waals surface area contributed by atoms with E-state index < -0.39 is 0 Å². The molecule has 100 valence electrons. The van der Waals surface area contributed by atoms with E-state index in [2.05, 4.69) is 28.5 Å². The summed E-state index contributed by atoms with van der Waals surface area (Å²) in [6.07, 6.45) is 4.39. The van der Waals surface area contributed by atoms with Crippen molar-refractivity contribution in [2.75, 3.05) is 13.2 Å². The first kappa shape index (κ1) is 12.2. The molecule has 0 saturated carbocycles. The van der Waals surface area contributed by atoms with Crippen LogP contribution in [0.5, 0.6) is 5.75 Å². The van der Waals surface area contributed by atoms with Gasteiger partial charge in [-0.3, -0.25) is 4.68 Å². The molecule has 0 amide bonds. The molecule has 2 heterocycles. The highest BCUT2D eigenvalue weighted by Crippen LogP contribution is 2.26. The fourth-order valence-electron chi connectivity index (χ4n) is 2.32. The van der Waals surface area contributed by atoms with Gasteiger partial charge in [-0.15, -0.1) is 5.10 Å². The molecule has 0 saturated heterocycles. The summed E-state index contributed by atoms with van der Waals surface area (Å²) in [5.74, 6) is 1.02. The molecule has 1 N–H and O–H groups in total. The molecule has 3 rings (SSSR count). The van der Waals surface area contributed by atoms with Crippen molar-refractivity contribution in [2.45, 2.75) is 25.8 Å². The van der Waals surface area contributed by atoms with Gasteiger partial charge in [-0.25, -0.2) is 0 Å². The number of aryl methyl sites for hydroxylation is 2. The molecule has 1 aromatic heterocycles. The number of benzene rings is 1. The zero-order chi connectivity index (χ0) is 13.1. The third-order valence-electron chi connectivity index (χ3n) is 3.34. The summed E-state index contributed by atoms with van der Waals surface area (Å²) >= 11 is 0. The summed E-state index contributed by atoms with van der Waals surface area (Å²) in [4.78, 5) is 0. The maximum Gasteiger partial charge on any atom is 0.122 e. The lowest BCUT2D eigenvalue weighted by Crippen LogP contribution is -2.02. The molecule has 0 aliphatic carbocycles. The Morgan fingerprint density at radius 1 is 1.32 bits per heavy atom. The number of aliphatic hydroxyl groups excluding tert-OH is 1. The molecular formula is C14H17N3O2. The van der Waals surface area contributed by atoms with Crippen molar-refractivity contribution >= 4 is 0 Å². The average Bonchev–Trinajstić information content (AvgIpc) is 3.04. The molecule has 0 atom stereocenters. The van der Waals surface area contributed by atoms with Crippen LogP contribution in [0.3, 0.4) is 0 Å². The van der Waals surface area contributed by atoms with Crippen LogP contribution in [0.25, 0.3) is 0 Å². The van der Waals surface area contributed by atoms with E-state index in [4.69, 9.17) is 9.84 Å². The zero-order valence-electron chi connectivity index (χ0n) is 10.7. The fourth-order valence-corrected chi connectivity index (χ4v) is 2.32. The van der Waals surface area contributed by atoms with Gasteiger partial charge in [0.1, 0.15) is 5.75 Å². The molecule has 0 unspecified atom stereocenters. The Morgan fingerprint density at radius 2 is 2.26 bits per heavy atom. The van der Waals surface area contributed by atoms with Crippen molar-refractivity contribution in [3.63, 3.8) is 0 Å². The van der Waals surface area contributed by atoms with Crippen LogP contribution in [0.2, 0.25) is 0 Å². The lowest BCUT2D eigenvalue weighted by molar-refractivity contribution is 0.298. The molecule has 1 aliphatic rings. The highest BCUT2D eigenvalue weighted by atomic mass is 16.5. The lowest BCUT2D eigenvalue weighted by Gasteiger charge is -2.04. The van der Waals surface area contributed by atoms with Crippen molar-refractivity contribution in [1.82, 2.24) is 15.0 Å². The van der Waals surface area contributed by atoms with Crippen molar-refractivity contribution in [2.24, 2.45) is 0 Å². The SMILES string of the molecule is OCCc1cn(CCc2ccc3c(c2)CCO3)nn1. The summed E-state index contributed by atoms with van der Waals surface area (Å²) in [5.41, 5.74) is 3.44. The highest BCUT2D eigenvalue weighted by molar-refractivity contribution is 5.39. The summed E-state index contributed by atoms with van der Waals surface area (Å²) in [6.45, 7) is 1.72. The largest absolute Gasteiger partial charge is 0.493 e. The Kier molecular flexibility index (Phi) is 3.46. The minimum Gasteiger partial charge on any atom is -0.493 e. The number of hydrogen-bond donors (Lipinski definition) is 1. The first-order chi connectivity index (χ1) is 9.35. The maximum atomic E-state index is 8.84. The Morgan fingerprint density at radius 3 is 3.16 bits per heavy atom. The number of ether oxygens (including phenoxy) is 1. The predicted molar refractivity (Wildman–Crippen MR) is 70.2 cm³/mol. The number of hydrogen-bond acceptors (Lipinski definition) is 4. The van der Waals surface area contributed by atoms with Crippen LogP contribution < -0.4 is 4.74 Å². The van der Waals surface area contributed by atoms with Gasteiger partial charge in [0.05, 0.1) is 12.3 Å². The minimum absolute atomic E-state index is 0.115. The number of aliphatic hydroxyl groups is 1. The molecular weight excluding hydrogens is 242 g/mol. The second-order valence-corrected chi connectivity index (χ2v) is 4.74. The van der Waals surface area contributed by atoms with Gasteiger partial charge >= 0.3 is 0 Å². The van der Waals surface area contributed by atoms with Gasteiger partial charge in [0.25, 0.3) is 0 Å². The van der Waals surface area contributed by atoms with Gasteiger partial charge < -0.3 is 9.84 Å². The van der Waals surface area contributed by atoms with E-state index in [0.29, 0.717) is 6.42 Å². The Hall–Kier alpha value is -1.88. The molecule has 0 bridgehead atoms. The highest BCUT2D eigenvalue weighted by Gasteiger charge is 2.11. The summed E-state index contributed by atoms with van der Waals surface area (Å²) in [5, 5.41) is 16.9. The molecule has 0 radical (unpaired) electrons.